The van der Waals surface area contributed by atoms with Gasteiger partial charge in [0.15, 0.2) is 11.5 Å². The Morgan fingerprint density at radius 1 is 1.53 bits per heavy atom. The zero-order valence-electron chi connectivity index (χ0n) is 9.91. The van der Waals surface area contributed by atoms with Gasteiger partial charge >= 0.3 is 0 Å². The van der Waals surface area contributed by atoms with Crippen molar-refractivity contribution in [2.24, 2.45) is 5.73 Å². The molecule has 90 valence electrons. The summed E-state index contributed by atoms with van der Waals surface area (Å²) in [5.41, 5.74) is 8.49. The molecule has 0 aromatic carbocycles. The van der Waals surface area contributed by atoms with Gasteiger partial charge < -0.3 is 10.1 Å². The average molecular weight is 233 g/mol. The van der Waals surface area contributed by atoms with Crippen molar-refractivity contribution in [1.82, 2.24) is 9.38 Å². The number of pyridine rings is 1. The molecule has 2 aromatic heterocycles. The van der Waals surface area contributed by atoms with Gasteiger partial charge in [-0.2, -0.15) is 0 Å². The van der Waals surface area contributed by atoms with E-state index in [2.05, 4.69) is 4.98 Å². The summed E-state index contributed by atoms with van der Waals surface area (Å²) < 4.78 is 15.4. The van der Waals surface area contributed by atoms with E-state index in [-0.39, 0.29) is 11.4 Å². The quantitative estimate of drug-likeness (QED) is 0.883. The van der Waals surface area contributed by atoms with Gasteiger partial charge in [0.1, 0.15) is 0 Å². The molecule has 0 unspecified atom stereocenters. The Bertz CT molecular complexity index is 569. The maximum absolute atomic E-state index is 13.6. The van der Waals surface area contributed by atoms with E-state index in [1.165, 1.54) is 6.07 Å². The summed E-state index contributed by atoms with van der Waals surface area (Å²) >= 11 is 0. The van der Waals surface area contributed by atoms with Gasteiger partial charge in [0.25, 0.3) is 0 Å². The Balaban J connectivity index is 1.94. The van der Waals surface area contributed by atoms with Crippen LogP contribution in [0.4, 0.5) is 4.39 Å². The van der Waals surface area contributed by atoms with Crippen molar-refractivity contribution in [3.05, 3.63) is 35.5 Å². The van der Waals surface area contributed by atoms with Gasteiger partial charge in [-0.1, -0.05) is 0 Å². The molecule has 1 saturated carbocycles. The van der Waals surface area contributed by atoms with Crippen molar-refractivity contribution < 1.29 is 4.39 Å². The van der Waals surface area contributed by atoms with E-state index in [1.807, 2.05) is 13.1 Å². The molecule has 1 aliphatic rings. The van der Waals surface area contributed by atoms with Crippen molar-refractivity contribution in [3.63, 3.8) is 0 Å². The molecule has 0 atom stereocenters. The minimum absolute atomic E-state index is 0.0286. The number of nitrogens with zero attached hydrogens (tertiary/aromatic N) is 2. The van der Waals surface area contributed by atoms with Crippen LogP contribution >= 0.6 is 0 Å². The lowest BCUT2D eigenvalue weighted by Crippen LogP contribution is -2.22. The van der Waals surface area contributed by atoms with Gasteiger partial charge in [-0.3, -0.25) is 0 Å². The lowest BCUT2D eigenvalue weighted by Gasteiger charge is -2.06. The normalized spacial score (nSPS) is 17.6. The molecule has 2 aromatic rings. The van der Waals surface area contributed by atoms with E-state index < -0.39 is 0 Å². The molecule has 4 heteroatoms. The predicted molar refractivity (Wildman–Crippen MR) is 64.4 cm³/mol. The molecule has 3 nitrogen and oxygen atoms in total. The zero-order chi connectivity index (χ0) is 12.0. The van der Waals surface area contributed by atoms with E-state index in [0.717, 1.165) is 37.1 Å². The maximum Gasteiger partial charge on any atom is 0.173 e. The summed E-state index contributed by atoms with van der Waals surface area (Å²) in [5.74, 6) is -0.268. The van der Waals surface area contributed by atoms with Crippen LogP contribution in [0.2, 0.25) is 0 Å². The highest BCUT2D eigenvalue weighted by Gasteiger charge is 2.37. The van der Waals surface area contributed by atoms with Gasteiger partial charge in [0.2, 0.25) is 0 Å². The topological polar surface area (TPSA) is 43.3 Å². The minimum Gasteiger partial charge on any atom is -0.325 e. The average Bonchev–Trinajstić information content (AvgIpc) is 2.95. The summed E-state index contributed by atoms with van der Waals surface area (Å²) in [6.45, 7) is 1.98. The van der Waals surface area contributed by atoms with Gasteiger partial charge in [-0.25, -0.2) is 9.37 Å². The number of rotatable bonds is 3. The molecular formula is C13H16FN3. The largest absolute Gasteiger partial charge is 0.325 e. The van der Waals surface area contributed by atoms with E-state index >= 15 is 0 Å². The third-order valence-electron chi connectivity index (χ3n) is 3.69. The number of aryl methyl sites for hydroxylation is 2. The smallest absolute Gasteiger partial charge is 0.173 e. The summed E-state index contributed by atoms with van der Waals surface area (Å²) in [6, 6.07) is 3.14. The minimum atomic E-state index is -0.268. The van der Waals surface area contributed by atoms with Gasteiger partial charge in [0, 0.05) is 17.4 Å². The number of fused-ring (bicyclic) bond motifs is 1. The highest BCUT2D eigenvalue weighted by molar-refractivity contribution is 5.44. The Morgan fingerprint density at radius 3 is 2.94 bits per heavy atom. The summed E-state index contributed by atoms with van der Waals surface area (Å²) in [6.07, 6.45) is 5.84. The molecule has 0 amide bonds. The highest BCUT2D eigenvalue weighted by atomic mass is 19.1. The summed E-state index contributed by atoms with van der Waals surface area (Å²) in [5, 5.41) is 0. The van der Waals surface area contributed by atoms with Gasteiger partial charge in [-0.05, 0) is 44.7 Å². The fourth-order valence-electron chi connectivity index (χ4n) is 2.21. The zero-order valence-corrected chi connectivity index (χ0v) is 9.91. The first-order chi connectivity index (χ1) is 8.09. The molecule has 2 N–H and O–H groups in total. The molecule has 0 spiro atoms. The Morgan fingerprint density at radius 2 is 2.29 bits per heavy atom. The molecule has 1 aliphatic carbocycles. The van der Waals surface area contributed by atoms with E-state index in [0.29, 0.717) is 5.65 Å². The fourth-order valence-corrected chi connectivity index (χ4v) is 2.21. The number of aromatic nitrogens is 2. The van der Waals surface area contributed by atoms with Crippen LogP contribution in [0.5, 0.6) is 0 Å². The molecule has 3 rings (SSSR count). The van der Waals surface area contributed by atoms with Crippen LogP contribution in [0, 0.1) is 12.7 Å². The van der Waals surface area contributed by atoms with Crippen molar-refractivity contribution >= 4 is 5.65 Å². The number of nitrogens with two attached hydrogens (primary N) is 1. The van der Waals surface area contributed by atoms with E-state index in [1.54, 1.807) is 10.5 Å². The number of imidazole rings is 1. The van der Waals surface area contributed by atoms with Crippen molar-refractivity contribution in [1.29, 1.82) is 0 Å². The number of hydrogen-bond acceptors (Lipinski definition) is 2. The van der Waals surface area contributed by atoms with Gasteiger partial charge in [0.05, 0.1) is 5.69 Å². The van der Waals surface area contributed by atoms with E-state index in [9.17, 15) is 4.39 Å². The molecule has 0 saturated heterocycles. The fraction of sp³-hybridized carbons (Fsp3) is 0.462. The SMILES string of the molecule is Cc1c(CCC2(N)CC2)nc2c(F)cccn12. The Kier molecular flexibility index (Phi) is 2.23. The molecule has 17 heavy (non-hydrogen) atoms. The lowest BCUT2D eigenvalue weighted by atomic mass is 10.1. The predicted octanol–water partition coefficient (Wildman–Crippen LogP) is 2.21. The number of halogens is 1. The first-order valence-electron chi connectivity index (χ1n) is 6.00. The Labute approximate surface area is 99.5 Å². The van der Waals surface area contributed by atoms with Crippen LogP contribution in [0.3, 0.4) is 0 Å². The van der Waals surface area contributed by atoms with Crippen molar-refractivity contribution in [2.45, 2.75) is 38.1 Å². The molecular weight excluding hydrogens is 217 g/mol. The standard InChI is InChI=1S/C13H16FN3/c1-9-11(4-5-13(15)6-7-13)16-12-10(14)3-2-8-17(9)12/h2-3,8H,4-7,15H2,1H3. The van der Waals surface area contributed by atoms with Crippen LogP contribution in [0.25, 0.3) is 5.65 Å². The second-order valence-electron chi connectivity index (χ2n) is 5.06. The van der Waals surface area contributed by atoms with Gasteiger partial charge in [-0.15, -0.1) is 0 Å². The third kappa shape index (κ3) is 1.82. The molecule has 2 heterocycles. The number of hydrogen-bond donors (Lipinski definition) is 1. The highest BCUT2D eigenvalue weighted by Crippen LogP contribution is 2.36. The van der Waals surface area contributed by atoms with Crippen LogP contribution in [0.15, 0.2) is 18.3 Å². The Hall–Kier alpha value is -1.42. The monoisotopic (exact) mass is 233 g/mol. The maximum atomic E-state index is 13.6. The summed E-state index contributed by atoms with van der Waals surface area (Å²) in [7, 11) is 0. The van der Waals surface area contributed by atoms with Crippen molar-refractivity contribution in [2.75, 3.05) is 0 Å². The first-order valence-corrected chi connectivity index (χ1v) is 6.00. The first kappa shape index (κ1) is 10.7. The molecule has 0 bridgehead atoms. The third-order valence-corrected chi connectivity index (χ3v) is 3.69. The van der Waals surface area contributed by atoms with E-state index in [4.69, 9.17) is 5.73 Å². The molecule has 0 radical (unpaired) electrons. The van der Waals surface area contributed by atoms with Crippen LogP contribution < -0.4 is 5.73 Å². The van der Waals surface area contributed by atoms with Crippen LogP contribution in [-0.2, 0) is 6.42 Å². The second kappa shape index (κ2) is 3.53. The van der Waals surface area contributed by atoms with Crippen LogP contribution in [0.1, 0.15) is 30.7 Å². The lowest BCUT2D eigenvalue weighted by molar-refractivity contribution is 0.602. The van der Waals surface area contributed by atoms with Crippen molar-refractivity contribution in [3.8, 4) is 0 Å². The summed E-state index contributed by atoms with van der Waals surface area (Å²) in [4.78, 5) is 4.38. The van der Waals surface area contributed by atoms with Crippen LogP contribution in [-0.4, -0.2) is 14.9 Å². The second-order valence-corrected chi connectivity index (χ2v) is 5.06. The molecule has 0 aliphatic heterocycles. The molecule has 1 fully saturated rings.